The van der Waals surface area contributed by atoms with Gasteiger partial charge in [0.2, 0.25) is 5.91 Å². The van der Waals surface area contributed by atoms with E-state index in [0.717, 1.165) is 0 Å². The Bertz CT molecular complexity index is 291. The topological polar surface area (TPSA) is 84.9 Å². The van der Waals surface area contributed by atoms with Crippen LogP contribution in [-0.2, 0) is 19.1 Å². The summed E-state index contributed by atoms with van der Waals surface area (Å²) < 4.78 is 10.8. The monoisotopic (exact) mass is 275 g/mol. The van der Waals surface area contributed by atoms with E-state index in [1.54, 1.807) is 0 Å². The lowest BCUT2D eigenvalue weighted by Crippen LogP contribution is -2.48. The lowest BCUT2D eigenvalue weighted by molar-refractivity contribution is -0.144. The molecule has 0 aromatic carbocycles. The molecule has 19 heavy (non-hydrogen) atoms. The number of carbonyl (C=O) groups is 2. The Hall–Kier alpha value is -1.14. The minimum Gasteiger partial charge on any atom is -0.481 e. The molecule has 6 heteroatoms. The molecule has 0 aliphatic heterocycles. The summed E-state index contributed by atoms with van der Waals surface area (Å²) in [5, 5.41) is 11.1. The van der Waals surface area contributed by atoms with Gasteiger partial charge in [-0.15, -0.1) is 0 Å². The molecule has 0 unspecified atom stereocenters. The Balaban J connectivity index is 4.51. The van der Waals surface area contributed by atoms with Gasteiger partial charge in [-0.2, -0.15) is 0 Å². The van der Waals surface area contributed by atoms with Crippen molar-refractivity contribution in [2.75, 3.05) is 26.4 Å². The van der Waals surface area contributed by atoms with Crippen LogP contribution in [0.2, 0.25) is 0 Å². The van der Waals surface area contributed by atoms with E-state index in [0.29, 0.717) is 19.8 Å². The van der Waals surface area contributed by atoms with Crippen LogP contribution in [0.5, 0.6) is 0 Å². The summed E-state index contributed by atoms with van der Waals surface area (Å²) in [6.45, 7) is 8.96. The van der Waals surface area contributed by atoms with E-state index >= 15 is 0 Å². The van der Waals surface area contributed by atoms with Crippen molar-refractivity contribution in [1.29, 1.82) is 0 Å². The highest BCUT2D eigenvalue weighted by Gasteiger charge is 2.36. The van der Waals surface area contributed by atoms with Gasteiger partial charge in [0.25, 0.3) is 0 Å². The summed E-state index contributed by atoms with van der Waals surface area (Å²) in [4.78, 5) is 22.5. The van der Waals surface area contributed by atoms with Gasteiger partial charge in [0.15, 0.2) is 0 Å². The predicted octanol–water partition coefficient (Wildman–Crippen LogP) is 1.05. The fraction of sp³-hybridized carbons (Fsp3) is 0.846. The molecule has 0 aromatic heterocycles. The van der Waals surface area contributed by atoms with Crippen LogP contribution in [0.3, 0.4) is 0 Å². The average molecular weight is 275 g/mol. The second kappa shape index (κ2) is 8.87. The van der Waals surface area contributed by atoms with Crippen LogP contribution in [0.25, 0.3) is 0 Å². The SMILES string of the molecule is CCOCC(C)(C)[C@@H](OCC)C(=O)NCCC(=O)O. The second-order valence-corrected chi connectivity index (χ2v) is 4.90. The molecule has 0 rings (SSSR count). The Morgan fingerprint density at radius 1 is 1.26 bits per heavy atom. The maximum atomic E-state index is 12.0. The van der Waals surface area contributed by atoms with Crippen LogP contribution in [0.4, 0.5) is 0 Å². The average Bonchev–Trinajstić information content (AvgIpc) is 2.32. The van der Waals surface area contributed by atoms with Crippen molar-refractivity contribution in [2.24, 2.45) is 5.41 Å². The molecular weight excluding hydrogens is 250 g/mol. The van der Waals surface area contributed by atoms with Crippen LogP contribution < -0.4 is 5.32 Å². The molecule has 112 valence electrons. The molecule has 0 aliphatic carbocycles. The number of hydrogen-bond acceptors (Lipinski definition) is 4. The van der Waals surface area contributed by atoms with Crippen LogP contribution in [0, 0.1) is 5.41 Å². The van der Waals surface area contributed by atoms with Gasteiger partial charge in [0, 0.05) is 25.2 Å². The first-order chi connectivity index (χ1) is 8.85. The molecule has 0 radical (unpaired) electrons. The number of carboxylic acids is 1. The summed E-state index contributed by atoms with van der Waals surface area (Å²) in [6.07, 6.45) is -0.755. The van der Waals surface area contributed by atoms with Gasteiger partial charge in [-0.05, 0) is 13.8 Å². The Morgan fingerprint density at radius 2 is 1.89 bits per heavy atom. The number of rotatable bonds is 10. The number of ether oxygens (including phenoxy) is 2. The minimum absolute atomic E-state index is 0.0997. The largest absolute Gasteiger partial charge is 0.481 e. The van der Waals surface area contributed by atoms with Crippen LogP contribution in [0.15, 0.2) is 0 Å². The van der Waals surface area contributed by atoms with E-state index < -0.39 is 17.5 Å². The summed E-state index contributed by atoms with van der Waals surface area (Å²) in [5.41, 5.74) is -0.473. The molecule has 0 aliphatic rings. The van der Waals surface area contributed by atoms with Crippen LogP contribution in [-0.4, -0.2) is 49.5 Å². The fourth-order valence-electron chi connectivity index (χ4n) is 1.65. The third-order valence-corrected chi connectivity index (χ3v) is 2.60. The molecule has 6 nitrogen and oxygen atoms in total. The molecule has 0 saturated carbocycles. The highest BCUT2D eigenvalue weighted by Crippen LogP contribution is 2.24. The maximum absolute atomic E-state index is 12.0. The molecule has 0 fully saturated rings. The van der Waals surface area contributed by atoms with Gasteiger partial charge in [-0.3, -0.25) is 9.59 Å². The fourth-order valence-corrected chi connectivity index (χ4v) is 1.65. The van der Waals surface area contributed by atoms with Crippen LogP contribution >= 0.6 is 0 Å². The molecule has 0 aromatic rings. The third kappa shape index (κ3) is 7.12. The first-order valence-electron chi connectivity index (χ1n) is 6.54. The van der Waals surface area contributed by atoms with E-state index in [-0.39, 0.29) is 18.9 Å². The smallest absolute Gasteiger partial charge is 0.305 e. The quantitative estimate of drug-likeness (QED) is 0.622. The third-order valence-electron chi connectivity index (χ3n) is 2.60. The zero-order chi connectivity index (χ0) is 14.9. The molecule has 0 spiro atoms. The lowest BCUT2D eigenvalue weighted by atomic mass is 9.86. The van der Waals surface area contributed by atoms with Crippen molar-refractivity contribution in [2.45, 2.75) is 40.2 Å². The summed E-state index contributed by atoms with van der Waals surface area (Å²) in [7, 11) is 0. The van der Waals surface area contributed by atoms with E-state index in [1.807, 2.05) is 27.7 Å². The number of nitrogens with one attached hydrogen (secondary N) is 1. The lowest BCUT2D eigenvalue weighted by Gasteiger charge is -2.32. The summed E-state index contributed by atoms with van der Waals surface area (Å²) in [5.74, 6) is -1.24. The molecule has 0 saturated heterocycles. The highest BCUT2D eigenvalue weighted by molar-refractivity contribution is 5.82. The van der Waals surface area contributed by atoms with Crippen molar-refractivity contribution in [3.8, 4) is 0 Å². The Morgan fingerprint density at radius 3 is 2.37 bits per heavy atom. The van der Waals surface area contributed by atoms with Gasteiger partial charge >= 0.3 is 5.97 Å². The van der Waals surface area contributed by atoms with Crippen molar-refractivity contribution in [3.05, 3.63) is 0 Å². The number of aliphatic carboxylic acids is 1. The molecule has 0 heterocycles. The first kappa shape index (κ1) is 17.9. The standard InChI is InChI=1S/C13H25NO5/c1-5-18-9-13(3,4)11(19-6-2)12(17)14-8-7-10(15)16/h11H,5-9H2,1-4H3,(H,14,17)(H,15,16)/t11-/m0/s1. The summed E-state index contributed by atoms with van der Waals surface area (Å²) >= 11 is 0. The van der Waals surface area contributed by atoms with Crippen LogP contribution in [0.1, 0.15) is 34.1 Å². The van der Waals surface area contributed by atoms with Crippen molar-refractivity contribution < 1.29 is 24.2 Å². The zero-order valence-corrected chi connectivity index (χ0v) is 12.2. The zero-order valence-electron chi connectivity index (χ0n) is 12.2. The number of hydrogen-bond donors (Lipinski definition) is 2. The molecular formula is C13H25NO5. The van der Waals surface area contributed by atoms with E-state index in [4.69, 9.17) is 14.6 Å². The van der Waals surface area contributed by atoms with E-state index in [9.17, 15) is 9.59 Å². The number of carboxylic acid groups (broad SMARTS) is 1. The molecule has 1 amide bonds. The van der Waals surface area contributed by atoms with Gasteiger partial charge in [-0.25, -0.2) is 0 Å². The molecule has 1 atom stereocenters. The predicted molar refractivity (Wildman–Crippen MR) is 71.0 cm³/mol. The van der Waals surface area contributed by atoms with E-state index in [1.165, 1.54) is 0 Å². The van der Waals surface area contributed by atoms with Gasteiger partial charge in [0.1, 0.15) is 6.10 Å². The van der Waals surface area contributed by atoms with E-state index in [2.05, 4.69) is 5.32 Å². The minimum atomic E-state index is -0.943. The molecule has 0 bridgehead atoms. The maximum Gasteiger partial charge on any atom is 0.305 e. The Kier molecular flexibility index (Phi) is 8.34. The first-order valence-corrected chi connectivity index (χ1v) is 6.54. The highest BCUT2D eigenvalue weighted by atomic mass is 16.5. The van der Waals surface area contributed by atoms with Gasteiger partial charge < -0.3 is 19.9 Å². The number of carbonyl (C=O) groups excluding carboxylic acids is 1. The van der Waals surface area contributed by atoms with Gasteiger partial charge in [-0.1, -0.05) is 13.8 Å². The summed E-state index contributed by atoms with van der Waals surface area (Å²) in [6, 6.07) is 0. The van der Waals surface area contributed by atoms with Crippen molar-refractivity contribution in [1.82, 2.24) is 5.32 Å². The second-order valence-electron chi connectivity index (χ2n) is 4.90. The number of amides is 1. The normalized spacial score (nSPS) is 13.1. The van der Waals surface area contributed by atoms with Gasteiger partial charge in [0.05, 0.1) is 13.0 Å². The van der Waals surface area contributed by atoms with Crippen molar-refractivity contribution in [3.63, 3.8) is 0 Å². The van der Waals surface area contributed by atoms with Crippen molar-refractivity contribution >= 4 is 11.9 Å². The Labute approximate surface area is 114 Å². The molecule has 2 N–H and O–H groups in total.